The van der Waals surface area contributed by atoms with Crippen LogP contribution in [0.15, 0.2) is 36.5 Å². The zero-order valence-corrected chi connectivity index (χ0v) is 30.1. The van der Waals surface area contributed by atoms with Crippen LogP contribution >= 0.6 is 0 Å². The summed E-state index contributed by atoms with van der Waals surface area (Å²) in [5, 5.41) is 19.6. The molecule has 46 heavy (non-hydrogen) atoms. The molecule has 0 aromatic carbocycles. The van der Waals surface area contributed by atoms with Crippen LogP contribution in [0.25, 0.3) is 0 Å². The fourth-order valence-corrected chi connectivity index (χ4v) is 5.33. The summed E-state index contributed by atoms with van der Waals surface area (Å²) in [7, 11) is 0. The lowest BCUT2D eigenvalue weighted by molar-refractivity contribution is -0.161. The van der Waals surface area contributed by atoms with E-state index in [1.165, 1.54) is 70.6 Å². The number of hydrogen-bond donors (Lipinski definition) is 2. The summed E-state index contributed by atoms with van der Waals surface area (Å²) in [6.45, 7) is 6.27. The van der Waals surface area contributed by atoms with Gasteiger partial charge in [0, 0.05) is 12.8 Å². The number of ether oxygens (including phenoxy) is 2. The Morgan fingerprint density at radius 1 is 0.630 bits per heavy atom. The van der Waals surface area contributed by atoms with E-state index in [9.17, 15) is 19.8 Å². The van der Waals surface area contributed by atoms with Gasteiger partial charge in [0.25, 0.3) is 0 Å². The molecule has 0 aliphatic rings. The van der Waals surface area contributed by atoms with Crippen LogP contribution in [0.1, 0.15) is 175 Å². The minimum absolute atomic E-state index is 0.102. The van der Waals surface area contributed by atoms with E-state index in [1.807, 2.05) is 18.2 Å². The second kappa shape index (κ2) is 34.4. The number of aliphatic hydroxyl groups excluding tert-OH is 2. The molecular weight excluding hydrogens is 576 g/mol. The number of allylic oxidation sites excluding steroid dienone is 5. The van der Waals surface area contributed by atoms with Gasteiger partial charge in [-0.15, -0.1) is 0 Å². The van der Waals surface area contributed by atoms with E-state index in [4.69, 9.17) is 9.47 Å². The van der Waals surface area contributed by atoms with E-state index in [2.05, 4.69) is 39.0 Å². The minimum Gasteiger partial charge on any atom is -0.462 e. The lowest BCUT2D eigenvalue weighted by Gasteiger charge is -2.15. The van der Waals surface area contributed by atoms with Crippen molar-refractivity contribution in [1.82, 2.24) is 0 Å². The summed E-state index contributed by atoms with van der Waals surface area (Å²) in [5.74, 6) is 0.174. The Bertz CT molecular complexity index is 772. The number of hydrogen-bond acceptors (Lipinski definition) is 6. The maximum Gasteiger partial charge on any atom is 0.306 e. The largest absolute Gasteiger partial charge is 0.462 e. The zero-order chi connectivity index (χ0) is 33.9. The average molecular weight is 649 g/mol. The third-order valence-electron chi connectivity index (χ3n) is 8.23. The molecule has 0 aromatic rings. The molecule has 268 valence electrons. The maximum atomic E-state index is 12.2. The van der Waals surface area contributed by atoms with Crippen LogP contribution in [0.4, 0.5) is 0 Å². The average Bonchev–Trinajstić information content (AvgIpc) is 3.03. The monoisotopic (exact) mass is 649 g/mol. The van der Waals surface area contributed by atoms with Gasteiger partial charge in [-0.2, -0.15) is 0 Å². The standard InChI is InChI=1S/C40H72O6/c1-4-5-6-7-15-20-25-30-37(42)31-26-21-18-23-27-32-39(43)45-35-38(34-41)46-40(44)33-28-22-17-14-12-10-8-9-11-13-16-19-24-29-36(2)3/h5-6,15,20,25,30,36-38,41-42H,4,7-14,16-19,21-24,26-29,31-35H2,1-3H3/b6-5+,20-15+,30-25+/t37?,38-/m0/s1. The Morgan fingerprint density at radius 2 is 1.13 bits per heavy atom. The van der Waals surface area contributed by atoms with E-state index < -0.39 is 12.2 Å². The van der Waals surface area contributed by atoms with Gasteiger partial charge in [0.2, 0.25) is 0 Å². The molecule has 6 nitrogen and oxygen atoms in total. The van der Waals surface area contributed by atoms with Crippen molar-refractivity contribution in [3.8, 4) is 0 Å². The molecule has 0 fully saturated rings. The summed E-state index contributed by atoms with van der Waals surface area (Å²) in [4.78, 5) is 24.2. The van der Waals surface area contributed by atoms with Crippen LogP contribution in [0.2, 0.25) is 0 Å². The van der Waals surface area contributed by atoms with Crippen molar-refractivity contribution < 1.29 is 29.3 Å². The maximum absolute atomic E-state index is 12.2. The number of unbranched alkanes of at least 4 members (excludes halogenated alkanes) is 16. The van der Waals surface area contributed by atoms with Gasteiger partial charge in [0.1, 0.15) is 6.61 Å². The molecule has 2 N–H and O–H groups in total. The summed E-state index contributed by atoms with van der Waals surface area (Å²) in [6, 6.07) is 0. The molecule has 0 aromatic heterocycles. The van der Waals surface area contributed by atoms with Gasteiger partial charge in [-0.25, -0.2) is 0 Å². The number of aliphatic hydroxyl groups is 2. The van der Waals surface area contributed by atoms with Crippen molar-refractivity contribution in [2.24, 2.45) is 5.92 Å². The predicted molar refractivity (Wildman–Crippen MR) is 193 cm³/mol. The molecule has 0 spiro atoms. The number of carbonyl (C=O) groups excluding carboxylic acids is 2. The van der Waals surface area contributed by atoms with Gasteiger partial charge < -0.3 is 19.7 Å². The first-order chi connectivity index (χ1) is 22.4. The van der Waals surface area contributed by atoms with Crippen molar-refractivity contribution in [3.05, 3.63) is 36.5 Å². The second-order valence-corrected chi connectivity index (χ2v) is 13.3. The van der Waals surface area contributed by atoms with Crippen molar-refractivity contribution >= 4 is 11.9 Å². The molecular formula is C40H72O6. The Hall–Kier alpha value is -1.92. The van der Waals surface area contributed by atoms with Crippen LogP contribution in [0.3, 0.4) is 0 Å². The quantitative estimate of drug-likeness (QED) is 0.0318. The molecule has 6 heteroatoms. The minimum atomic E-state index is -0.801. The molecule has 0 aliphatic heterocycles. The smallest absolute Gasteiger partial charge is 0.306 e. The van der Waals surface area contributed by atoms with Crippen molar-refractivity contribution in [2.45, 2.75) is 187 Å². The summed E-state index contributed by atoms with van der Waals surface area (Å²) in [6.07, 6.45) is 36.5. The summed E-state index contributed by atoms with van der Waals surface area (Å²) < 4.78 is 10.6. The highest BCUT2D eigenvalue weighted by molar-refractivity contribution is 5.70. The highest BCUT2D eigenvalue weighted by Gasteiger charge is 2.16. The van der Waals surface area contributed by atoms with Gasteiger partial charge in [-0.1, -0.05) is 166 Å². The molecule has 0 amide bonds. The molecule has 0 saturated heterocycles. The normalized spacial score (nSPS) is 13.3. The van der Waals surface area contributed by atoms with Gasteiger partial charge in [-0.05, 0) is 38.0 Å². The van der Waals surface area contributed by atoms with E-state index in [1.54, 1.807) is 0 Å². The SMILES string of the molecule is CC/C=C/C/C=C/C=C/C(O)CCCCCCCC(=O)OC[C@H](CO)OC(=O)CCCCCCCCCCCCCCCC(C)C. The molecule has 0 saturated carbocycles. The highest BCUT2D eigenvalue weighted by Crippen LogP contribution is 2.15. The Morgan fingerprint density at radius 3 is 1.65 bits per heavy atom. The van der Waals surface area contributed by atoms with Crippen molar-refractivity contribution in [1.29, 1.82) is 0 Å². The molecule has 0 aliphatic carbocycles. The fraction of sp³-hybridized carbons (Fsp3) is 0.800. The first-order valence-corrected chi connectivity index (χ1v) is 19.0. The van der Waals surface area contributed by atoms with E-state index in [-0.39, 0.29) is 25.2 Å². The zero-order valence-electron chi connectivity index (χ0n) is 30.1. The highest BCUT2D eigenvalue weighted by atomic mass is 16.6. The van der Waals surface area contributed by atoms with E-state index >= 15 is 0 Å². The van der Waals surface area contributed by atoms with Gasteiger partial charge in [-0.3, -0.25) is 9.59 Å². The van der Waals surface area contributed by atoms with Gasteiger partial charge >= 0.3 is 11.9 Å². The summed E-state index contributed by atoms with van der Waals surface area (Å²) >= 11 is 0. The molecule has 1 unspecified atom stereocenters. The predicted octanol–water partition coefficient (Wildman–Crippen LogP) is 10.5. The third kappa shape index (κ3) is 33.4. The number of rotatable bonds is 33. The van der Waals surface area contributed by atoms with Crippen LogP contribution in [-0.4, -0.2) is 47.6 Å². The topological polar surface area (TPSA) is 93.1 Å². The van der Waals surface area contributed by atoms with Crippen LogP contribution in [0, 0.1) is 5.92 Å². The Labute approximate surface area is 283 Å². The third-order valence-corrected chi connectivity index (χ3v) is 8.23. The lowest BCUT2D eigenvalue weighted by atomic mass is 10.0. The number of esters is 2. The lowest BCUT2D eigenvalue weighted by Crippen LogP contribution is -2.28. The van der Waals surface area contributed by atoms with Crippen molar-refractivity contribution in [2.75, 3.05) is 13.2 Å². The molecule has 0 rings (SSSR count). The Kier molecular flexibility index (Phi) is 33.0. The molecule has 0 bridgehead atoms. The summed E-state index contributed by atoms with van der Waals surface area (Å²) in [5.41, 5.74) is 0. The first kappa shape index (κ1) is 44.1. The van der Waals surface area contributed by atoms with Crippen LogP contribution in [0.5, 0.6) is 0 Å². The molecule has 2 atom stereocenters. The molecule has 0 radical (unpaired) electrons. The first-order valence-electron chi connectivity index (χ1n) is 19.0. The van der Waals surface area contributed by atoms with Crippen LogP contribution < -0.4 is 0 Å². The van der Waals surface area contributed by atoms with Crippen molar-refractivity contribution in [3.63, 3.8) is 0 Å². The van der Waals surface area contributed by atoms with Gasteiger partial charge in [0.15, 0.2) is 6.10 Å². The van der Waals surface area contributed by atoms with Gasteiger partial charge in [0.05, 0.1) is 12.7 Å². The molecule has 0 heterocycles. The van der Waals surface area contributed by atoms with E-state index in [0.29, 0.717) is 12.8 Å². The Balaban J connectivity index is 3.64. The van der Waals surface area contributed by atoms with E-state index in [0.717, 1.165) is 76.5 Å². The number of carbonyl (C=O) groups is 2. The second-order valence-electron chi connectivity index (χ2n) is 13.3. The fourth-order valence-electron chi connectivity index (χ4n) is 5.33. The van der Waals surface area contributed by atoms with Crippen LogP contribution in [-0.2, 0) is 19.1 Å².